The van der Waals surface area contributed by atoms with Crippen molar-refractivity contribution in [1.82, 2.24) is 15.5 Å². The van der Waals surface area contributed by atoms with Gasteiger partial charge in [-0.1, -0.05) is 30.3 Å². The van der Waals surface area contributed by atoms with E-state index >= 15 is 0 Å². The molecule has 1 aromatic heterocycles. The summed E-state index contributed by atoms with van der Waals surface area (Å²) in [7, 11) is 0. The van der Waals surface area contributed by atoms with Gasteiger partial charge < -0.3 is 10.1 Å². The van der Waals surface area contributed by atoms with Crippen molar-refractivity contribution in [2.24, 2.45) is 0 Å². The molecule has 1 heterocycles. The van der Waals surface area contributed by atoms with E-state index in [1.807, 2.05) is 54.6 Å². The van der Waals surface area contributed by atoms with Crippen LogP contribution in [0.15, 0.2) is 66.9 Å². The minimum Gasteiger partial charge on any atom is -0.457 e. The number of aromatic nitrogens is 2. The second kappa shape index (κ2) is 6.72. The lowest BCUT2D eigenvalue weighted by molar-refractivity contribution is 0.481. The zero-order chi connectivity index (χ0) is 14.3. The zero-order valence-electron chi connectivity index (χ0n) is 11.6. The molecule has 0 aliphatic carbocycles. The Morgan fingerprint density at radius 2 is 1.76 bits per heavy atom. The number of ether oxygens (including phenoxy) is 1. The highest BCUT2D eigenvalue weighted by Crippen LogP contribution is 2.21. The number of hydrogen-bond acceptors (Lipinski definition) is 3. The highest BCUT2D eigenvalue weighted by Gasteiger charge is 1.99. The first kappa shape index (κ1) is 13.4. The van der Waals surface area contributed by atoms with E-state index in [2.05, 4.69) is 21.6 Å². The minimum atomic E-state index is 0.768. The molecule has 106 valence electrons. The number of rotatable bonds is 6. The Morgan fingerprint density at radius 3 is 2.57 bits per heavy atom. The fraction of sp³-hybridized carbons (Fsp3) is 0.118. The Kier molecular flexibility index (Phi) is 4.29. The summed E-state index contributed by atoms with van der Waals surface area (Å²) in [5.41, 5.74) is 2.26. The van der Waals surface area contributed by atoms with Gasteiger partial charge in [0.15, 0.2) is 0 Å². The number of aromatic amines is 1. The monoisotopic (exact) mass is 279 g/mol. The fourth-order valence-corrected chi connectivity index (χ4v) is 2.07. The first-order chi connectivity index (χ1) is 10.4. The molecule has 4 heteroatoms. The number of nitrogens with one attached hydrogen (secondary N) is 2. The fourth-order valence-electron chi connectivity index (χ4n) is 2.07. The number of benzene rings is 2. The Labute approximate surface area is 123 Å². The van der Waals surface area contributed by atoms with Gasteiger partial charge in [-0.25, -0.2) is 0 Å². The predicted octanol–water partition coefficient (Wildman–Crippen LogP) is 3.49. The molecule has 2 aromatic carbocycles. The molecule has 0 unspecified atom stereocenters. The van der Waals surface area contributed by atoms with E-state index in [1.54, 1.807) is 6.20 Å². The van der Waals surface area contributed by atoms with Gasteiger partial charge in [0.05, 0.1) is 0 Å². The van der Waals surface area contributed by atoms with E-state index in [0.29, 0.717) is 0 Å². The van der Waals surface area contributed by atoms with E-state index in [9.17, 15) is 0 Å². The summed E-state index contributed by atoms with van der Waals surface area (Å²) in [6, 6.07) is 19.9. The maximum Gasteiger partial charge on any atom is 0.127 e. The average Bonchev–Trinajstić information content (AvgIpc) is 3.02. The van der Waals surface area contributed by atoms with Crippen molar-refractivity contribution >= 4 is 0 Å². The third-order valence-electron chi connectivity index (χ3n) is 3.08. The predicted molar refractivity (Wildman–Crippen MR) is 82.1 cm³/mol. The lowest BCUT2D eigenvalue weighted by Gasteiger charge is -2.08. The molecule has 0 spiro atoms. The highest BCUT2D eigenvalue weighted by atomic mass is 16.5. The largest absolute Gasteiger partial charge is 0.457 e. The van der Waals surface area contributed by atoms with Crippen LogP contribution < -0.4 is 10.1 Å². The molecule has 3 aromatic rings. The maximum atomic E-state index is 5.83. The summed E-state index contributed by atoms with van der Waals surface area (Å²) >= 11 is 0. The van der Waals surface area contributed by atoms with Crippen LogP contribution in [-0.4, -0.2) is 10.2 Å². The van der Waals surface area contributed by atoms with Crippen molar-refractivity contribution in [3.05, 3.63) is 78.1 Å². The molecule has 4 nitrogen and oxygen atoms in total. The standard InChI is InChI=1S/C17H17N3O/c1-2-6-16(7-3-1)21-17-8-4-5-14(11-17)12-18-13-15-9-10-19-20-15/h1-11,18H,12-13H2,(H,19,20). The van der Waals surface area contributed by atoms with Crippen LogP contribution in [0, 0.1) is 0 Å². The molecule has 2 N–H and O–H groups in total. The summed E-state index contributed by atoms with van der Waals surface area (Å²) < 4.78 is 5.83. The van der Waals surface area contributed by atoms with Crippen LogP contribution in [-0.2, 0) is 13.1 Å². The maximum absolute atomic E-state index is 5.83. The second-order valence-electron chi connectivity index (χ2n) is 4.75. The van der Waals surface area contributed by atoms with Crippen molar-refractivity contribution in [2.45, 2.75) is 13.1 Å². The normalized spacial score (nSPS) is 10.5. The molecular weight excluding hydrogens is 262 g/mol. The molecule has 0 fully saturated rings. The molecule has 0 bridgehead atoms. The van der Waals surface area contributed by atoms with E-state index < -0.39 is 0 Å². The zero-order valence-corrected chi connectivity index (χ0v) is 11.6. The van der Waals surface area contributed by atoms with Crippen molar-refractivity contribution in [3.8, 4) is 11.5 Å². The third-order valence-corrected chi connectivity index (χ3v) is 3.08. The quantitative estimate of drug-likeness (QED) is 0.726. The van der Waals surface area contributed by atoms with E-state index in [0.717, 1.165) is 30.3 Å². The number of H-pyrrole nitrogens is 1. The van der Waals surface area contributed by atoms with Gasteiger partial charge in [-0.15, -0.1) is 0 Å². The SMILES string of the molecule is c1ccc(Oc2cccc(CNCc3ccn[nH]3)c2)cc1. The van der Waals surface area contributed by atoms with Crippen LogP contribution in [0.1, 0.15) is 11.3 Å². The summed E-state index contributed by atoms with van der Waals surface area (Å²) in [5, 5.41) is 10.2. The van der Waals surface area contributed by atoms with E-state index in [4.69, 9.17) is 4.74 Å². The molecule has 3 rings (SSSR count). The average molecular weight is 279 g/mol. The van der Waals surface area contributed by atoms with Crippen molar-refractivity contribution < 1.29 is 4.74 Å². The molecule has 0 saturated carbocycles. The van der Waals surface area contributed by atoms with Gasteiger partial charge in [-0.05, 0) is 35.9 Å². The molecule has 0 saturated heterocycles. The van der Waals surface area contributed by atoms with Gasteiger partial charge >= 0.3 is 0 Å². The van der Waals surface area contributed by atoms with E-state index in [-0.39, 0.29) is 0 Å². The van der Waals surface area contributed by atoms with Crippen LogP contribution in [0.25, 0.3) is 0 Å². The Hall–Kier alpha value is -2.59. The van der Waals surface area contributed by atoms with Crippen LogP contribution >= 0.6 is 0 Å². The van der Waals surface area contributed by atoms with E-state index in [1.165, 1.54) is 5.56 Å². The van der Waals surface area contributed by atoms with Crippen LogP contribution in [0.4, 0.5) is 0 Å². The molecule has 0 amide bonds. The highest BCUT2D eigenvalue weighted by molar-refractivity contribution is 5.33. The Morgan fingerprint density at radius 1 is 0.905 bits per heavy atom. The topological polar surface area (TPSA) is 49.9 Å². The molecule has 0 aliphatic rings. The smallest absolute Gasteiger partial charge is 0.127 e. The molecular formula is C17H17N3O. The number of para-hydroxylation sites is 1. The molecule has 0 aliphatic heterocycles. The Balaban J connectivity index is 1.58. The summed E-state index contributed by atoms with van der Waals surface area (Å²) in [5.74, 6) is 1.70. The lowest BCUT2D eigenvalue weighted by Crippen LogP contribution is -2.12. The van der Waals surface area contributed by atoms with Crippen LogP contribution in [0.5, 0.6) is 11.5 Å². The summed E-state index contributed by atoms with van der Waals surface area (Å²) in [6.07, 6.45) is 1.76. The Bertz CT molecular complexity index is 666. The number of nitrogens with zero attached hydrogens (tertiary/aromatic N) is 1. The van der Waals surface area contributed by atoms with Gasteiger partial charge in [0.2, 0.25) is 0 Å². The van der Waals surface area contributed by atoms with Crippen molar-refractivity contribution in [3.63, 3.8) is 0 Å². The molecule has 0 radical (unpaired) electrons. The van der Waals surface area contributed by atoms with Gasteiger partial charge in [0.1, 0.15) is 11.5 Å². The van der Waals surface area contributed by atoms with Crippen molar-refractivity contribution in [2.75, 3.05) is 0 Å². The third kappa shape index (κ3) is 3.94. The van der Waals surface area contributed by atoms with Gasteiger partial charge in [0.25, 0.3) is 0 Å². The van der Waals surface area contributed by atoms with Crippen LogP contribution in [0.3, 0.4) is 0 Å². The van der Waals surface area contributed by atoms with Gasteiger partial charge in [-0.2, -0.15) is 5.10 Å². The van der Waals surface area contributed by atoms with Gasteiger partial charge in [-0.3, -0.25) is 5.10 Å². The minimum absolute atomic E-state index is 0.768. The lowest BCUT2D eigenvalue weighted by atomic mass is 10.2. The summed E-state index contributed by atoms with van der Waals surface area (Å²) in [4.78, 5) is 0. The first-order valence-electron chi connectivity index (χ1n) is 6.91. The van der Waals surface area contributed by atoms with Crippen LogP contribution in [0.2, 0.25) is 0 Å². The first-order valence-corrected chi connectivity index (χ1v) is 6.91. The van der Waals surface area contributed by atoms with Crippen molar-refractivity contribution in [1.29, 1.82) is 0 Å². The second-order valence-corrected chi connectivity index (χ2v) is 4.75. The molecule has 0 atom stereocenters. The summed E-state index contributed by atoms with van der Waals surface area (Å²) in [6.45, 7) is 1.55. The van der Waals surface area contributed by atoms with Gasteiger partial charge in [0, 0.05) is 25.0 Å². The molecule has 21 heavy (non-hydrogen) atoms. The number of hydrogen-bond donors (Lipinski definition) is 2.